The molecule has 10 nitrogen and oxygen atoms in total. The summed E-state index contributed by atoms with van der Waals surface area (Å²) in [6, 6.07) is 3.79. The molecule has 2 heterocycles. The average Bonchev–Trinajstić information content (AvgIpc) is 3.32. The molecule has 2 saturated heterocycles. The van der Waals surface area contributed by atoms with Gasteiger partial charge in [0.2, 0.25) is 0 Å². The molecular formula is C20H25N3O7. The molecule has 1 aromatic carbocycles. The third kappa shape index (κ3) is 4.88. The number of urea groups is 1. The summed E-state index contributed by atoms with van der Waals surface area (Å²) in [7, 11) is 2.45. The Morgan fingerprint density at radius 2 is 1.50 bits per heavy atom. The number of carbonyl (C=O) groups is 4. The molecule has 162 valence electrons. The van der Waals surface area contributed by atoms with Gasteiger partial charge in [0.05, 0.1) is 25.3 Å². The minimum atomic E-state index is -0.641. The molecule has 1 unspecified atom stereocenters. The van der Waals surface area contributed by atoms with Crippen LogP contribution in [0.1, 0.15) is 33.6 Å². The van der Waals surface area contributed by atoms with E-state index in [1.807, 2.05) is 0 Å². The quantitative estimate of drug-likeness (QED) is 0.727. The largest absolute Gasteiger partial charge is 0.465 e. The Labute approximate surface area is 174 Å². The van der Waals surface area contributed by atoms with Gasteiger partial charge >= 0.3 is 18.0 Å². The van der Waals surface area contributed by atoms with E-state index >= 15 is 0 Å². The number of nitrogens with one attached hydrogen (secondary N) is 1. The molecule has 1 N–H and O–H groups in total. The van der Waals surface area contributed by atoms with E-state index in [0.717, 1.165) is 12.8 Å². The number of amides is 3. The molecule has 0 radical (unpaired) electrons. The lowest BCUT2D eigenvalue weighted by Gasteiger charge is -2.35. The molecule has 30 heavy (non-hydrogen) atoms. The molecule has 1 aromatic rings. The second kappa shape index (κ2) is 9.57. The molecular weight excluding hydrogens is 394 g/mol. The smallest absolute Gasteiger partial charge is 0.337 e. The lowest BCUT2D eigenvalue weighted by atomic mass is 10.1. The van der Waals surface area contributed by atoms with Crippen LogP contribution in [0.15, 0.2) is 18.2 Å². The summed E-state index contributed by atoms with van der Waals surface area (Å²) >= 11 is 0. The Kier molecular flexibility index (Phi) is 6.88. The number of benzene rings is 1. The van der Waals surface area contributed by atoms with Crippen molar-refractivity contribution in [1.82, 2.24) is 9.80 Å². The molecule has 2 aliphatic heterocycles. The third-order valence-electron chi connectivity index (χ3n) is 5.11. The first kappa shape index (κ1) is 21.6. The number of esters is 2. The molecule has 2 fully saturated rings. The molecule has 0 aliphatic carbocycles. The lowest BCUT2D eigenvalue weighted by Crippen LogP contribution is -2.53. The molecule has 0 spiro atoms. The topological polar surface area (TPSA) is 114 Å². The van der Waals surface area contributed by atoms with Crippen molar-refractivity contribution in [2.24, 2.45) is 0 Å². The monoisotopic (exact) mass is 419 g/mol. The van der Waals surface area contributed by atoms with Crippen LogP contribution >= 0.6 is 0 Å². The van der Waals surface area contributed by atoms with Crippen molar-refractivity contribution in [3.05, 3.63) is 29.3 Å². The van der Waals surface area contributed by atoms with Gasteiger partial charge in [-0.25, -0.2) is 14.4 Å². The summed E-state index contributed by atoms with van der Waals surface area (Å²) in [6.07, 6.45) is 1.25. The van der Waals surface area contributed by atoms with E-state index in [0.29, 0.717) is 32.8 Å². The number of nitrogens with zero attached hydrogens (tertiary/aromatic N) is 2. The highest BCUT2D eigenvalue weighted by Gasteiger charge is 2.31. The van der Waals surface area contributed by atoms with Crippen molar-refractivity contribution >= 4 is 29.6 Å². The first-order valence-corrected chi connectivity index (χ1v) is 9.71. The zero-order valence-electron chi connectivity index (χ0n) is 17.0. The minimum Gasteiger partial charge on any atom is -0.465 e. The first-order valence-electron chi connectivity index (χ1n) is 9.71. The van der Waals surface area contributed by atoms with Crippen LogP contribution in [0.25, 0.3) is 0 Å². The molecule has 3 rings (SSSR count). The number of carbonyl (C=O) groups excluding carboxylic acids is 4. The van der Waals surface area contributed by atoms with Crippen LogP contribution in [0.3, 0.4) is 0 Å². The summed E-state index contributed by atoms with van der Waals surface area (Å²) in [4.78, 5) is 52.1. The van der Waals surface area contributed by atoms with Crippen molar-refractivity contribution in [2.45, 2.75) is 18.9 Å². The van der Waals surface area contributed by atoms with Crippen molar-refractivity contribution in [3.63, 3.8) is 0 Å². The maximum atomic E-state index is 12.7. The molecule has 1 atom stereocenters. The molecule has 0 saturated carbocycles. The third-order valence-corrected chi connectivity index (χ3v) is 5.11. The Morgan fingerprint density at radius 3 is 2.00 bits per heavy atom. The Balaban J connectivity index is 1.63. The summed E-state index contributed by atoms with van der Waals surface area (Å²) in [5, 5.41) is 2.69. The number of methoxy groups -OCH3 is 2. The predicted molar refractivity (Wildman–Crippen MR) is 105 cm³/mol. The highest BCUT2D eigenvalue weighted by atomic mass is 16.5. The van der Waals surface area contributed by atoms with Gasteiger partial charge in [-0.3, -0.25) is 4.79 Å². The maximum Gasteiger partial charge on any atom is 0.337 e. The number of anilines is 1. The van der Waals surface area contributed by atoms with Gasteiger partial charge in [-0.1, -0.05) is 0 Å². The second-order valence-electron chi connectivity index (χ2n) is 7.03. The fraction of sp³-hybridized carbons (Fsp3) is 0.500. The summed E-state index contributed by atoms with van der Waals surface area (Å²) in [6.45, 7) is 2.18. The van der Waals surface area contributed by atoms with E-state index in [-0.39, 0.29) is 28.8 Å². The van der Waals surface area contributed by atoms with Crippen molar-refractivity contribution in [1.29, 1.82) is 0 Å². The maximum absolute atomic E-state index is 12.7. The van der Waals surface area contributed by atoms with Gasteiger partial charge in [0.1, 0.15) is 6.10 Å². The van der Waals surface area contributed by atoms with Crippen LogP contribution in [0.4, 0.5) is 10.5 Å². The van der Waals surface area contributed by atoms with E-state index in [1.165, 1.54) is 32.4 Å². The van der Waals surface area contributed by atoms with Gasteiger partial charge < -0.3 is 29.3 Å². The average molecular weight is 419 g/mol. The molecule has 3 amide bonds. The highest BCUT2D eigenvalue weighted by Crippen LogP contribution is 2.19. The summed E-state index contributed by atoms with van der Waals surface area (Å²) < 4.78 is 14.8. The van der Waals surface area contributed by atoms with Gasteiger partial charge in [-0.05, 0) is 31.0 Å². The number of piperazine rings is 1. The Morgan fingerprint density at radius 1 is 0.933 bits per heavy atom. The van der Waals surface area contributed by atoms with E-state index in [1.54, 1.807) is 9.80 Å². The van der Waals surface area contributed by atoms with Crippen molar-refractivity contribution in [3.8, 4) is 0 Å². The standard InChI is InChI=1S/C20H25N3O7/c1-28-18(25)13-10-14(19(26)29-2)12-15(11-13)21-20(27)23-7-5-22(6-8-23)17(24)16-4-3-9-30-16/h10-12,16H,3-9H2,1-2H3,(H,21,27). The molecule has 2 aliphatic rings. The molecule has 0 bridgehead atoms. The fourth-order valence-corrected chi connectivity index (χ4v) is 3.48. The van der Waals surface area contributed by atoms with Crippen LogP contribution in [-0.2, 0) is 19.0 Å². The van der Waals surface area contributed by atoms with Gasteiger partial charge in [0.25, 0.3) is 5.91 Å². The highest BCUT2D eigenvalue weighted by molar-refractivity contribution is 5.99. The normalized spacial score (nSPS) is 18.7. The van der Waals surface area contributed by atoms with Crippen LogP contribution in [0.2, 0.25) is 0 Å². The minimum absolute atomic E-state index is 0.0268. The Hall–Kier alpha value is -3.14. The van der Waals surface area contributed by atoms with Gasteiger partial charge in [0, 0.05) is 38.5 Å². The van der Waals surface area contributed by atoms with E-state index in [9.17, 15) is 19.2 Å². The fourth-order valence-electron chi connectivity index (χ4n) is 3.48. The van der Waals surface area contributed by atoms with Crippen LogP contribution < -0.4 is 5.32 Å². The zero-order valence-corrected chi connectivity index (χ0v) is 17.0. The Bertz CT molecular complexity index is 793. The first-order chi connectivity index (χ1) is 14.4. The van der Waals surface area contributed by atoms with Crippen molar-refractivity contribution in [2.75, 3.05) is 52.3 Å². The number of ether oxygens (including phenoxy) is 3. The van der Waals surface area contributed by atoms with Gasteiger partial charge in [-0.15, -0.1) is 0 Å². The number of hydrogen-bond donors (Lipinski definition) is 1. The van der Waals surface area contributed by atoms with E-state index in [4.69, 9.17) is 14.2 Å². The predicted octanol–water partition coefficient (Wildman–Crippen LogP) is 1.11. The van der Waals surface area contributed by atoms with E-state index < -0.39 is 18.0 Å². The van der Waals surface area contributed by atoms with Crippen LogP contribution in [0, 0.1) is 0 Å². The van der Waals surface area contributed by atoms with Gasteiger partial charge in [0.15, 0.2) is 0 Å². The zero-order chi connectivity index (χ0) is 21.7. The summed E-state index contributed by atoms with van der Waals surface area (Å²) in [5.41, 5.74) is 0.492. The molecule has 0 aromatic heterocycles. The van der Waals surface area contributed by atoms with Crippen LogP contribution in [-0.4, -0.2) is 86.8 Å². The number of hydrogen-bond acceptors (Lipinski definition) is 7. The van der Waals surface area contributed by atoms with Crippen LogP contribution in [0.5, 0.6) is 0 Å². The lowest BCUT2D eigenvalue weighted by molar-refractivity contribution is -0.142. The summed E-state index contributed by atoms with van der Waals surface area (Å²) in [5.74, 6) is -1.31. The molecule has 10 heteroatoms. The van der Waals surface area contributed by atoms with Gasteiger partial charge in [-0.2, -0.15) is 0 Å². The van der Waals surface area contributed by atoms with E-state index in [2.05, 4.69) is 5.32 Å². The second-order valence-corrected chi connectivity index (χ2v) is 7.03. The SMILES string of the molecule is COC(=O)c1cc(NC(=O)N2CCN(C(=O)C3CCCO3)CC2)cc(C(=O)OC)c1. The number of rotatable bonds is 4. The van der Waals surface area contributed by atoms with Crippen molar-refractivity contribution < 1.29 is 33.4 Å².